The van der Waals surface area contributed by atoms with E-state index in [0.717, 1.165) is 4.90 Å². The van der Waals surface area contributed by atoms with Crippen LogP contribution in [0.2, 0.25) is 0 Å². The third-order valence-corrected chi connectivity index (χ3v) is 4.87. The molecular weight excluding hydrogens is 415 g/mol. The Hall–Kier alpha value is -4.33. The fourth-order valence-corrected chi connectivity index (χ4v) is 3.32. The number of esters is 1. The third kappa shape index (κ3) is 4.24. The van der Waals surface area contributed by atoms with E-state index in [1.807, 2.05) is 0 Å². The van der Waals surface area contributed by atoms with Crippen LogP contribution < -0.4 is 5.32 Å². The number of rotatable bonds is 6. The molecule has 32 heavy (non-hydrogen) atoms. The molecule has 0 saturated heterocycles. The molecule has 0 aliphatic carbocycles. The van der Waals surface area contributed by atoms with E-state index in [2.05, 4.69) is 5.32 Å². The maximum atomic E-state index is 13.1. The molecule has 8 heteroatoms. The molecule has 1 aliphatic rings. The number of halogens is 1. The molecule has 3 aromatic rings. The van der Waals surface area contributed by atoms with Gasteiger partial charge in [-0.05, 0) is 36.4 Å². The van der Waals surface area contributed by atoms with E-state index >= 15 is 0 Å². The number of nitrogens with zero attached hydrogens (tertiary/aromatic N) is 1. The van der Waals surface area contributed by atoms with Gasteiger partial charge >= 0.3 is 5.97 Å². The molecule has 3 aromatic carbocycles. The highest BCUT2D eigenvalue weighted by Gasteiger charge is 2.37. The van der Waals surface area contributed by atoms with Crippen molar-refractivity contribution in [2.45, 2.75) is 6.10 Å². The van der Waals surface area contributed by atoms with E-state index in [0.29, 0.717) is 11.3 Å². The van der Waals surface area contributed by atoms with Crippen molar-refractivity contribution >= 4 is 29.4 Å². The van der Waals surface area contributed by atoms with Crippen molar-refractivity contribution < 1.29 is 28.3 Å². The van der Waals surface area contributed by atoms with E-state index in [-0.39, 0.29) is 11.1 Å². The van der Waals surface area contributed by atoms with Crippen LogP contribution in [0.3, 0.4) is 0 Å². The molecule has 1 unspecified atom stereocenters. The van der Waals surface area contributed by atoms with Crippen LogP contribution in [0.5, 0.6) is 0 Å². The first-order chi connectivity index (χ1) is 15.4. The summed E-state index contributed by atoms with van der Waals surface area (Å²) in [6.45, 7) is -0.639. The summed E-state index contributed by atoms with van der Waals surface area (Å²) < 4.78 is 18.5. The molecule has 1 heterocycles. The highest BCUT2D eigenvalue weighted by molar-refractivity contribution is 6.22. The lowest BCUT2D eigenvalue weighted by Crippen LogP contribution is -2.37. The van der Waals surface area contributed by atoms with E-state index in [9.17, 15) is 23.6 Å². The molecular formula is C24H17FN2O5. The number of ether oxygens (including phenoxy) is 1. The largest absolute Gasteiger partial charge is 0.446 e. The zero-order valence-electron chi connectivity index (χ0n) is 16.7. The van der Waals surface area contributed by atoms with Crippen LogP contribution in [0.1, 0.15) is 32.4 Å². The molecule has 0 bridgehead atoms. The first-order valence-corrected chi connectivity index (χ1v) is 9.70. The molecule has 1 atom stereocenters. The summed E-state index contributed by atoms with van der Waals surface area (Å²) in [4.78, 5) is 51.2. The molecule has 1 aliphatic heterocycles. The van der Waals surface area contributed by atoms with Crippen molar-refractivity contribution in [2.75, 3.05) is 11.9 Å². The lowest BCUT2D eigenvalue weighted by molar-refractivity contribution is -0.154. The van der Waals surface area contributed by atoms with Crippen LogP contribution in [0.25, 0.3) is 0 Å². The smallest absolute Gasteiger partial charge is 0.327 e. The zero-order valence-corrected chi connectivity index (χ0v) is 16.7. The Morgan fingerprint density at radius 2 is 1.41 bits per heavy atom. The second-order valence-electron chi connectivity index (χ2n) is 7.02. The summed E-state index contributed by atoms with van der Waals surface area (Å²) in [5, 5.41) is 2.57. The average molecular weight is 432 g/mol. The number of benzene rings is 3. The Kier molecular flexibility index (Phi) is 5.76. The van der Waals surface area contributed by atoms with Gasteiger partial charge in [0.05, 0.1) is 11.1 Å². The highest BCUT2D eigenvalue weighted by Crippen LogP contribution is 2.24. The molecule has 0 radical (unpaired) electrons. The van der Waals surface area contributed by atoms with E-state index < -0.39 is 42.2 Å². The highest BCUT2D eigenvalue weighted by atomic mass is 19.1. The lowest BCUT2D eigenvalue weighted by Gasteiger charge is -2.20. The maximum absolute atomic E-state index is 13.1. The predicted molar refractivity (Wildman–Crippen MR) is 112 cm³/mol. The van der Waals surface area contributed by atoms with Gasteiger partial charge in [0.25, 0.3) is 17.7 Å². The van der Waals surface area contributed by atoms with E-state index in [4.69, 9.17) is 4.74 Å². The third-order valence-electron chi connectivity index (χ3n) is 4.87. The van der Waals surface area contributed by atoms with Crippen molar-refractivity contribution in [3.63, 3.8) is 0 Å². The number of hydrogen-bond acceptors (Lipinski definition) is 5. The van der Waals surface area contributed by atoms with Crippen LogP contribution in [0.4, 0.5) is 10.1 Å². The summed E-state index contributed by atoms with van der Waals surface area (Å²) in [6.07, 6.45) is -1.34. The molecule has 7 nitrogen and oxygen atoms in total. The summed E-state index contributed by atoms with van der Waals surface area (Å²) in [5.74, 6) is -3.26. The van der Waals surface area contributed by atoms with E-state index in [1.165, 1.54) is 36.4 Å². The second kappa shape index (κ2) is 8.81. The number of nitrogens with one attached hydrogen (secondary N) is 1. The Morgan fingerprint density at radius 1 is 0.844 bits per heavy atom. The van der Waals surface area contributed by atoms with Crippen molar-refractivity contribution in [2.24, 2.45) is 0 Å². The molecule has 1 N–H and O–H groups in total. The molecule has 0 spiro atoms. The van der Waals surface area contributed by atoms with Gasteiger partial charge in [-0.1, -0.05) is 42.5 Å². The Labute approximate surface area is 182 Å². The predicted octanol–water partition coefficient (Wildman–Crippen LogP) is 3.34. The van der Waals surface area contributed by atoms with Crippen molar-refractivity contribution in [1.29, 1.82) is 0 Å². The van der Waals surface area contributed by atoms with Crippen molar-refractivity contribution in [1.82, 2.24) is 4.90 Å². The van der Waals surface area contributed by atoms with Gasteiger partial charge in [0, 0.05) is 11.3 Å². The molecule has 4 rings (SSSR count). The number of anilines is 1. The minimum Gasteiger partial charge on any atom is -0.446 e. The lowest BCUT2D eigenvalue weighted by atomic mass is 10.1. The fourth-order valence-electron chi connectivity index (χ4n) is 3.32. The Bertz CT molecular complexity index is 1160. The van der Waals surface area contributed by atoms with Gasteiger partial charge in [-0.2, -0.15) is 0 Å². The second-order valence-corrected chi connectivity index (χ2v) is 7.02. The van der Waals surface area contributed by atoms with Crippen LogP contribution >= 0.6 is 0 Å². The monoisotopic (exact) mass is 432 g/mol. The SMILES string of the molecule is O=C(CN1C(=O)c2ccccc2C1=O)OC(C(=O)Nc1ccc(F)cc1)c1ccccc1. The van der Waals surface area contributed by atoms with Gasteiger partial charge in [-0.25, -0.2) is 4.39 Å². The van der Waals surface area contributed by atoms with Crippen LogP contribution in [0.15, 0.2) is 78.9 Å². The number of hydrogen-bond donors (Lipinski definition) is 1. The molecule has 0 saturated carbocycles. The molecule has 0 fully saturated rings. The maximum Gasteiger partial charge on any atom is 0.327 e. The summed E-state index contributed by atoms with van der Waals surface area (Å²) in [5.41, 5.74) is 1.12. The summed E-state index contributed by atoms with van der Waals surface area (Å²) in [7, 11) is 0. The summed E-state index contributed by atoms with van der Waals surface area (Å²) >= 11 is 0. The van der Waals surface area contributed by atoms with Crippen molar-refractivity contribution in [3.05, 3.63) is 101 Å². The zero-order chi connectivity index (χ0) is 22.7. The Morgan fingerprint density at radius 3 is 2.00 bits per heavy atom. The normalized spacial score (nSPS) is 13.5. The minimum absolute atomic E-state index is 0.207. The van der Waals surface area contributed by atoms with Gasteiger partial charge in [-0.3, -0.25) is 24.1 Å². The number of carbonyl (C=O) groups is 4. The first kappa shape index (κ1) is 20.9. The topological polar surface area (TPSA) is 92.8 Å². The first-order valence-electron chi connectivity index (χ1n) is 9.70. The van der Waals surface area contributed by atoms with Gasteiger partial charge in [0.1, 0.15) is 12.4 Å². The van der Waals surface area contributed by atoms with E-state index in [1.54, 1.807) is 42.5 Å². The van der Waals surface area contributed by atoms with Crippen LogP contribution in [-0.4, -0.2) is 35.1 Å². The number of imide groups is 1. The van der Waals surface area contributed by atoms with Gasteiger partial charge in [-0.15, -0.1) is 0 Å². The molecule has 160 valence electrons. The average Bonchev–Trinajstić information content (AvgIpc) is 3.04. The summed E-state index contributed by atoms with van der Waals surface area (Å²) in [6, 6.07) is 19.6. The van der Waals surface area contributed by atoms with Crippen molar-refractivity contribution in [3.8, 4) is 0 Å². The standard InChI is InChI=1S/C24H17FN2O5/c25-16-10-12-17(13-11-16)26-22(29)21(15-6-2-1-3-7-15)32-20(28)14-27-23(30)18-8-4-5-9-19(18)24(27)31/h1-13,21H,14H2,(H,26,29). The molecule has 3 amide bonds. The minimum atomic E-state index is -1.34. The van der Waals surface area contributed by atoms with Gasteiger partial charge in [0.15, 0.2) is 0 Å². The fraction of sp³-hybridized carbons (Fsp3) is 0.0833. The van der Waals surface area contributed by atoms with Crippen LogP contribution in [-0.2, 0) is 14.3 Å². The Balaban J connectivity index is 1.50. The van der Waals surface area contributed by atoms with Gasteiger partial charge < -0.3 is 10.1 Å². The number of carbonyl (C=O) groups excluding carboxylic acids is 4. The van der Waals surface area contributed by atoms with Gasteiger partial charge in [0.2, 0.25) is 6.10 Å². The number of amides is 3. The number of fused-ring (bicyclic) bond motifs is 1. The molecule has 0 aromatic heterocycles. The quantitative estimate of drug-likeness (QED) is 0.476. The van der Waals surface area contributed by atoms with Crippen LogP contribution in [0, 0.1) is 5.82 Å².